The van der Waals surface area contributed by atoms with Gasteiger partial charge < -0.3 is 0 Å². The van der Waals surface area contributed by atoms with E-state index in [1.165, 1.54) is 0 Å². The van der Waals surface area contributed by atoms with Gasteiger partial charge in [0.2, 0.25) is 5.01 Å². The Hall–Kier alpha value is -1.85. The van der Waals surface area contributed by atoms with E-state index in [0.717, 1.165) is 12.2 Å². The Balaban J connectivity index is 3.51. The monoisotopic (exact) mass is 280 g/mol. The molecule has 0 saturated heterocycles. The summed E-state index contributed by atoms with van der Waals surface area (Å²) in [6.07, 6.45) is 2.53. The Kier molecular flexibility index (Phi) is 3.26. The van der Waals surface area contributed by atoms with Gasteiger partial charge in [0.1, 0.15) is 15.4 Å². The Morgan fingerprint density at radius 3 is 2.29 bits per heavy atom. The van der Waals surface area contributed by atoms with Gasteiger partial charge in [-0.05, 0) is 12.2 Å². The molecule has 0 atom stereocenters. The van der Waals surface area contributed by atoms with Crippen molar-refractivity contribution in [1.82, 2.24) is 0 Å². The van der Waals surface area contributed by atoms with E-state index in [1.807, 2.05) is 6.07 Å². The maximum atomic E-state index is 10.9. The van der Waals surface area contributed by atoms with E-state index in [0.29, 0.717) is 6.08 Å². The van der Waals surface area contributed by atoms with Crippen LogP contribution >= 0.6 is 23.2 Å². The number of alkyl halides is 2. The van der Waals surface area contributed by atoms with Crippen LogP contribution in [0.3, 0.4) is 0 Å². The summed E-state index contributed by atoms with van der Waals surface area (Å²) >= 11 is 11.2. The first-order valence-corrected chi connectivity index (χ1v) is 4.72. The highest BCUT2D eigenvalue weighted by Gasteiger charge is 2.71. The molecule has 10 heteroatoms. The van der Waals surface area contributed by atoms with Crippen LogP contribution < -0.4 is 0 Å². The summed E-state index contributed by atoms with van der Waals surface area (Å²) in [4.78, 5) is 19.3. The van der Waals surface area contributed by atoms with Crippen molar-refractivity contribution in [3.05, 3.63) is 49.0 Å². The molecule has 0 saturated carbocycles. The molecule has 0 bridgehead atoms. The number of halogens is 2. The molecule has 0 aromatic rings. The van der Waals surface area contributed by atoms with E-state index < -0.39 is 19.8 Å². The fourth-order valence-electron chi connectivity index (χ4n) is 1.22. The molecule has 90 valence electrons. The van der Waals surface area contributed by atoms with Gasteiger partial charge in [-0.15, -0.1) is 0 Å². The topological polar surface area (TPSA) is 111 Å². The van der Waals surface area contributed by atoms with Gasteiger partial charge in [-0.2, -0.15) is 5.21 Å². The second-order valence-electron chi connectivity index (χ2n) is 3.01. The van der Waals surface area contributed by atoms with E-state index in [9.17, 15) is 20.2 Å². The van der Waals surface area contributed by atoms with Gasteiger partial charge in [0.05, 0.1) is 6.08 Å². The molecule has 0 fully saturated rings. The highest BCUT2D eigenvalue weighted by molar-refractivity contribution is 6.50. The van der Waals surface area contributed by atoms with Gasteiger partial charge in [0, 0.05) is 0 Å². The van der Waals surface area contributed by atoms with Crippen LogP contribution in [0.1, 0.15) is 0 Å². The maximum absolute atomic E-state index is 10.9. The van der Waals surface area contributed by atoms with Crippen LogP contribution in [0.15, 0.2) is 23.8 Å². The van der Waals surface area contributed by atoms with E-state index in [-0.39, 0.29) is 5.57 Å². The Labute approximate surface area is 104 Å². The first kappa shape index (κ1) is 13.2. The van der Waals surface area contributed by atoms with Crippen LogP contribution in [0, 0.1) is 26.3 Å². The molecule has 0 aromatic heterocycles. The lowest BCUT2D eigenvalue weighted by atomic mass is 9.97. The SMILES string of the molecule is O=[N+]([O-])C1([N+](=O)[O-])C=C(C#[N+]O)C=CC1(Cl)Cl. The second-order valence-corrected chi connectivity index (χ2v) is 4.39. The minimum atomic E-state index is -2.96. The number of hydrogen-bond donors (Lipinski definition) is 1. The van der Waals surface area contributed by atoms with Gasteiger partial charge in [0.25, 0.3) is 4.33 Å². The summed E-state index contributed by atoms with van der Waals surface area (Å²) < 4.78 is -2.36. The van der Waals surface area contributed by atoms with E-state index in [1.54, 1.807) is 0 Å². The van der Waals surface area contributed by atoms with E-state index in [2.05, 4.69) is 5.01 Å². The first-order chi connectivity index (χ1) is 7.78. The number of rotatable bonds is 2. The normalized spacial score (nSPS) is 19.8. The zero-order chi connectivity index (χ0) is 13.3. The van der Waals surface area contributed by atoms with Crippen molar-refractivity contribution in [3.8, 4) is 6.07 Å². The predicted molar refractivity (Wildman–Crippen MR) is 57.4 cm³/mol. The number of nitrogens with zero attached hydrogens (tertiary/aromatic N) is 3. The van der Waals surface area contributed by atoms with Gasteiger partial charge in [-0.1, -0.05) is 23.2 Å². The molecule has 0 aliphatic heterocycles. The molecule has 0 radical (unpaired) electrons. The van der Waals surface area contributed by atoms with Gasteiger partial charge in [0.15, 0.2) is 0 Å². The number of nitro groups is 2. The highest BCUT2D eigenvalue weighted by Crippen LogP contribution is 2.42. The Bertz CT molecular complexity index is 487. The lowest BCUT2D eigenvalue weighted by Gasteiger charge is -2.24. The van der Waals surface area contributed by atoms with Crippen LogP contribution in [0.4, 0.5) is 0 Å². The van der Waals surface area contributed by atoms with E-state index >= 15 is 0 Å². The third-order valence-electron chi connectivity index (χ3n) is 2.06. The molecule has 0 amide bonds. The molecule has 1 rings (SSSR count). The Morgan fingerprint density at radius 1 is 1.35 bits per heavy atom. The quantitative estimate of drug-likeness (QED) is 0.358. The van der Waals surface area contributed by atoms with Crippen molar-refractivity contribution < 1.29 is 15.1 Å². The minimum absolute atomic E-state index is 0.183. The summed E-state index contributed by atoms with van der Waals surface area (Å²) in [7, 11) is 0. The summed E-state index contributed by atoms with van der Waals surface area (Å²) in [6, 6.07) is 1.92. The molecule has 1 aliphatic carbocycles. The molecule has 8 nitrogen and oxygen atoms in total. The third kappa shape index (κ3) is 1.90. The Morgan fingerprint density at radius 2 is 1.88 bits per heavy atom. The summed E-state index contributed by atoms with van der Waals surface area (Å²) in [5, 5.41) is 32.5. The largest absolute Gasteiger partial charge is 0.514 e. The zero-order valence-electron chi connectivity index (χ0n) is 7.91. The van der Waals surface area contributed by atoms with Gasteiger partial charge in [-0.3, -0.25) is 20.2 Å². The fraction of sp³-hybridized carbons (Fsp3) is 0.286. The number of allylic oxidation sites excluding steroid dienone is 2. The van der Waals surface area contributed by atoms with Gasteiger partial charge >= 0.3 is 11.7 Å². The highest BCUT2D eigenvalue weighted by atomic mass is 35.5. The van der Waals surface area contributed by atoms with Crippen molar-refractivity contribution in [2.45, 2.75) is 10.00 Å². The average Bonchev–Trinajstić information content (AvgIpc) is 2.19. The average molecular weight is 281 g/mol. The second kappa shape index (κ2) is 4.20. The molecule has 1 N–H and O–H groups in total. The first-order valence-electron chi connectivity index (χ1n) is 3.97. The van der Waals surface area contributed by atoms with Crippen LogP contribution in [-0.4, -0.2) is 25.1 Å². The summed E-state index contributed by atoms with van der Waals surface area (Å²) in [5.41, 5.74) is -3.14. The zero-order valence-corrected chi connectivity index (χ0v) is 9.42. The van der Waals surface area contributed by atoms with Crippen molar-refractivity contribution in [3.63, 3.8) is 0 Å². The van der Waals surface area contributed by atoms with Crippen LogP contribution in [0.5, 0.6) is 0 Å². The molecule has 0 spiro atoms. The molecule has 1 aliphatic rings. The van der Waals surface area contributed by atoms with Crippen LogP contribution in [-0.2, 0) is 0 Å². The third-order valence-corrected chi connectivity index (χ3v) is 2.86. The maximum Gasteiger partial charge on any atom is 0.514 e. The molecule has 0 unspecified atom stereocenters. The van der Waals surface area contributed by atoms with Crippen molar-refractivity contribution in [2.75, 3.05) is 0 Å². The molecule has 17 heavy (non-hydrogen) atoms. The summed E-state index contributed by atoms with van der Waals surface area (Å²) in [5.74, 6) is 0. The van der Waals surface area contributed by atoms with Crippen LogP contribution in [0.25, 0.3) is 5.01 Å². The van der Waals surface area contributed by atoms with Gasteiger partial charge in [-0.25, -0.2) is 0 Å². The minimum Gasteiger partial charge on any atom is -0.258 e. The van der Waals surface area contributed by atoms with Crippen molar-refractivity contribution >= 4 is 23.2 Å². The van der Waals surface area contributed by atoms with E-state index in [4.69, 9.17) is 28.4 Å². The van der Waals surface area contributed by atoms with Crippen molar-refractivity contribution in [1.29, 1.82) is 0 Å². The fourth-order valence-corrected chi connectivity index (χ4v) is 1.73. The lowest BCUT2D eigenvalue weighted by molar-refractivity contribution is -0.781. The molecule has 0 aromatic carbocycles. The molecular formula is C7H4Cl2N3O5+. The standard InChI is InChI=1S/C7H3Cl2N3O5/c8-6(9)2-1-5(4-10-13)3-7(6,11(14)15)12(16)17/h1-3H/p+1. The summed E-state index contributed by atoms with van der Waals surface area (Å²) in [6.45, 7) is 0. The molecular weight excluding hydrogens is 277 g/mol. The lowest BCUT2D eigenvalue weighted by Crippen LogP contribution is -2.57. The van der Waals surface area contributed by atoms with Crippen molar-refractivity contribution in [2.24, 2.45) is 0 Å². The predicted octanol–water partition coefficient (Wildman–Crippen LogP) is 1.63. The number of hydrogen-bond acceptors (Lipinski definition) is 5. The smallest absolute Gasteiger partial charge is 0.258 e. The molecule has 0 heterocycles. The van der Waals surface area contributed by atoms with Crippen LogP contribution in [0.2, 0.25) is 0 Å².